The summed E-state index contributed by atoms with van der Waals surface area (Å²) >= 11 is 6.14. The van der Waals surface area contributed by atoms with Gasteiger partial charge in [0.05, 0.1) is 22.8 Å². The zero-order chi connectivity index (χ0) is 20.5. The van der Waals surface area contributed by atoms with Crippen LogP contribution in [0.4, 0.5) is 0 Å². The van der Waals surface area contributed by atoms with Gasteiger partial charge in [-0.25, -0.2) is 18.4 Å². The highest BCUT2D eigenvalue weighted by Crippen LogP contribution is 2.31. The lowest BCUT2D eigenvalue weighted by molar-refractivity contribution is 0.0525. The van der Waals surface area contributed by atoms with Gasteiger partial charge in [0.1, 0.15) is 0 Å². The Balaban J connectivity index is 2.22. The molecule has 3 aromatic rings. The molecule has 6 nitrogen and oxygen atoms in total. The third-order valence-electron chi connectivity index (χ3n) is 4.29. The molecule has 0 saturated carbocycles. The van der Waals surface area contributed by atoms with Crippen LogP contribution in [0.5, 0.6) is 0 Å². The Morgan fingerprint density at radius 2 is 1.82 bits per heavy atom. The van der Waals surface area contributed by atoms with E-state index in [0.29, 0.717) is 22.0 Å². The molecule has 0 fully saturated rings. The van der Waals surface area contributed by atoms with Gasteiger partial charge in [0.25, 0.3) is 0 Å². The normalized spacial score (nSPS) is 11.4. The van der Waals surface area contributed by atoms with Crippen LogP contribution in [0, 0.1) is 6.92 Å². The Labute approximate surface area is 168 Å². The van der Waals surface area contributed by atoms with E-state index in [1.165, 1.54) is 12.1 Å². The summed E-state index contributed by atoms with van der Waals surface area (Å²) in [6.45, 7) is 3.81. The number of rotatable bonds is 5. The van der Waals surface area contributed by atoms with Crippen LogP contribution in [0.15, 0.2) is 59.5 Å². The Morgan fingerprint density at radius 3 is 2.39 bits per heavy atom. The molecule has 0 bridgehead atoms. The van der Waals surface area contributed by atoms with Crippen molar-refractivity contribution in [1.29, 1.82) is 0 Å². The summed E-state index contributed by atoms with van der Waals surface area (Å²) in [4.78, 5) is 12.4. The smallest absolute Gasteiger partial charge is 0.339 e. The number of nitrogens with zero attached hydrogens (tertiary/aromatic N) is 1. The van der Waals surface area contributed by atoms with Crippen LogP contribution in [0.1, 0.15) is 23.0 Å². The van der Waals surface area contributed by atoms with E-state index in [0.717, 1.165) is 11.3 Å². The van der Waals surface area contributed by atoms with Gasteiger partial charge in [-0.2, -0.15) is 0 Å². The molecule has 0 aliphatic carbocycles. The SMILES string of the molecule is CCOC(=O)c1cc(-c2cccc(Cl)c2)n(-c2ccc(S(N)(=O)=O)cc2)c1C. The molecule has 2 aromatic carbocycles. The number of sulfonamides is 1. The Morgan fingerprint density at radius 1 is 1.14 bits per heavy atom. The molecule has 0 amide bonds. The lowest BCUT2D eigenvalue weighted by Gasteiger charge is -2.13. The molecular formula is C20H19ClN2O4S. The second-order valence-electron chi connectivity index (χ2n) is 6.13. The Bertz CT molecular complexity index is 1140. The van der Waals surface area contributed by atoms with E-state index in [-0.39, 0.29) is 11.5 Å². The van der Waals surface area contributed by atoms with Crippen LogP contribution in [0.2, 0.25) is 5.02 Å². The van der Waals surface area contributed by atoms with E-state index in [1.54, 1.807) is 44.2 Å². The third-order valence-corrected chi connectivity index (χ3v) is 5.45. The van der Waals surface area contributed by atoms with Gasteiger partial charge in [-0.3, -0.25) is 0 Å². The number of carbonyl (C=O) groups is 1. The molecule has 0 atom stereocenters. The maximum absolute atomic E-state index is 12.4. The zero-order valence-electron chi connectivity index (χ0n) is 15.3. The van der Waals surface area contributed by atoms with E-state index in [4.69, 9.17) is 21.5 Å². The van der Waals surface area contributed by atoms with Crippen LogP contribution in [-0.4, -0.2) is 25.6 Å². The number of carbonyl (C=O) groups excluding carboxylic acids is 1. The molecule has 146 valence electrons. The summed E-state index contributed by atoms with van der Waals surface area (Å²) in [6.07, 6.45) is 0. The van der Waals surface area contributed by atoms with Crippen molar-refractivity contribution in [2.24, 2.45) is 5.14 Å². The van der Waals surface area contributed by atoms with Gasteiger partial charge in [-0.15, -0.1) is 0 Å². The van der Waals surface area contributed by atoms with Gasteiger partial charge >= 0.3 is 5.97 Å². The molecule has 2 N–H and O–H groups in total. The van der Waals surface area contributed by atoms with Gasteiger partial charge in [0.15, 0.2) is 0 Å². The van der Waals surface area contributed by atoms with Crippen LogP contribution in [0.3, 0.4) is 0 Å². The van der Waals surface area contributed by atoms with E-state index >= 15 is 0 Å². The Hall–Kier alpha value is -2.61. The van der Waals surface area contributed by atoms with Gasteiger partial charge in [0, 0.05) is 16.4 Å². The summed E-state index contributed by atoms with van der Waals surface area (Å²) in [5.41, 5.74) is 3.30. The average Bonchev–Trinajstić information content (AvgIpc) is 2.99. The predicted octanol–water partition coefficient (Wildman–Crippen LogP) is 3.93. The Kier molecular flexibility index (Phi) is 5.60. The van der Waals surface area contributed by atoms with Crippen molar-refractivity contribution in [3.63, 3.8) is 0 Å². The molecule has 0 saturated heterocycles. The fraction of sp³-hybridized carbons (Fsp3) is 0.150. The number of esters is 1. The van der Waals surface area contributed by atoms with E-state index in [9.17, 15) is 13.2 Å². The van der Waals surface area contributed by atoms with Crippen molar-refractivity contribution in [3.05, 3.63) is 70.9 Å². The van der Waals surface area contributed by atoms with E-state index < -0.39 is 16.0 Å². The molecule has 8 heteroatoms. The van der Waals surface area contributed by atoms with E-state index in [2.05, 4.69) is 0 Å². The van der Waals surface area contributed by atoms with Crippen molar-refractivity contribution in [3.8, 4) is 16.9 Å². The van der Waals surface area contributed by atoms with Crippen LogP contribution in [-0.2, 0) is 14.8 Å². The molecule has 0 spiro atoms. The molecular weight excluding hydrogens is 400 g/mol. The number of benzene rings is 2. The second-order valence-corrected chi connectivity index (χ2v) is 8.13. The van der Waals surface area contributed by atoms with Crippen molar-refractivity contribution in [2.75, 3.05) is 6.61 Å². The number of hydrogen-bond acceptors (Lipinski definition) is 4. The quantitative estimate of drug-likeness (QED) is 0.635. The highest BCUT2D eigenvalue weighted by atomic mass is 35.5. The summed E-state index contributed by atoms with van der Waals surface area (Å²) < 4.78 is 30.1. The van der Waals surface area contributed by atoms with Crippen molar-refractivity contribution < 1.29 is 17.9 Å². The van der Waals surface area contributed by atoms with Crippen molar-refractivity contribution in [2.45, 2.75) is 18.7 Å². The van der Waals surface area contributed by atoms with Crippen molar-refractivity contribution >= 4 is 27.6 Å². The van der Waals surface area contributed by atoms with Crippen molar-refractivity contribution in [1.82, 2.24) is 4.57 Å². The molecule has 0 radical (unpaired) electrons. The number of primary sulfonamides is 1. The number of halogens is 1. The minimum Gasteiger partial charge on any atom is -0.462 e. The first-order valence-electron chi connectivity index (χ1n) is 8.51. The largest absolute Gasteiger partial charge is 0.462 e. The fourth-order valence-electron chi connectivity index (χ4n) is 3.00. The molecule has 0 aliphatic rings. The summed E-state index contributed by atoms with van der Waals surface area (Å²) in [5.74, 6) is -0.428. The maximum Gasteiger partial charge on any atom is 0.339 e. The lowest BCUT2D eigenvalue weighted by Crippen LogP contribution is -2.12. The molecule has 1 heterocycles. The van der Waals surface area contributed by atoms with Crippen LogP contribution >= 0.6 is 11.6 Å². The number of nitrogens with two attached hydrogens (primary N) is 1. The summed E-state index contributed by atoms with van der Waals surface area (Å²) in [7, 11) is -3.80. The van der Waals surface area contributed by atoms with Crippen LogP contribution in [0.25, 0.3) is 16.9 Å². The maximum atomic E-state index is 12.4. The minimum atomic E-state index is -3.80. The highest BCUT2D eigenvalue weighted by Gasteiger charge is 2.21. The lowest BCUT2D eigenvalue weighted by atomic mass is 10.1. The van der Waals surface area contributed by atoms with Gasteiger partial charge in [0.2, 0.25) is 10.0 Å². The highest BCUT2D eigenvalue weighted by molar-refractivity contribution is 7.89. The average molecular weight is 419 g/mol. The molecule has 1 aromatic heterocycles. The first kappa shape index (κ1) is 20.1. The van der Waals surface area contributed by atoms with Crippen LogP contribution < -0.4 is 5.14 Å². The number of ether oxygens (including phenoxy) is 1. The fourth-order valence-corrected chi connectivity index (χ4v) is 3.71. The topological polar surface area (TPSA) is 91.4 Å². The summed E-state index contributed by atoms with van der Waals surface area (Å²) in [6, 6.07) is 15.1. The molecule has 28 heavy (non-hydrogen) atoms. The first-order chi connectivity index (χ1) is 13.2. The predicted molar refractivity (Wildman–Crippen MR) is 108 cm³/mol. The monoisotopic (exact) mass is 418 g/mol. The molecule has 0 unspecified atom stereocenters. The second kappa shape index (κ2) is 7.79. The zero-order valence-corrected chi connectivity index (χ0v) is 16.9. The van der Waals surface area contributed by atoms with E-state index in [1.807, 2.05) is 16.7 Å². The van der Waals surface area contributed by atoms with Gasteiger partial charge in [-0.1, -0.05) is 23.7 Å². The number of aromatic nitrogens is 1. The standard InChI is InChI=1S/C20H19ClN2O4S/c1-3-27-20(24)18-12-19(14-5-4-6-15(21)11-14)23(13(18)2)16-7-9-17(10-8-16)28(22,25)26/h4-12H,3H2,1-2H3,(H2,22,25,26). The first-order valence-corrected chi connectivity index (χ1v) is 10.4. The third kappa shape index (κ3) is 3.96. The minimum absolute atomic E-state index is 0.0102. The van der Waals surface area contributed by atoms with Gasteiger partial charge in [-0.05, 0) is 61.9 Å². The molecule has 3 rings (SSSR count). The molecule has 0 aliphatic heterocycles. The number of hydrogen-bond donors (Lipinski definition) is 1. The van der Waals surface area contributed by atoms with Gasteiger partial charge < -0.3 is 9.30 Å². The summed E-state index contributed by atoms with van der Waals surface area (Å²) in [5, 5.41) is 5.74.